The van der Waals surface area contributed by atoms with Crippen LogP contribution in [0.2, 0.25) is 0 Å². The highest BCUT2D eigenvalue weighted by Crippen LogP contribution is 2.46. The lowest BCUT2D eigenvalue weighted by atomic mass is 9.65. The van der Waals surface area contributed by atoms with Crippen molar-refractivity contribution in [3.63, 3.8) is 0 Å². The van der Waals surface area contributed by atoms with Gasteiger partial charge in [0.15, 0.2) is 0 Å². The van der Waals surface area contributed by atoms with Gasteiger partial charge in [0, 0.05) is 25.6 Å². The normalized spacial score (nSPS) is 32.7. The number of piperidine rings is 1. The predicted octanol–water partition coefficient (Wildman–Crippen LogP) is -0.316. The van der Waals surface area contributed by atoms with E-state index in [0.29, 0.717) is 36.7 Å². The van der Waals surface area contributed by atoms with Gasteiger partial charge in [0.05, 0.1) is 23.3 Å². The first-order chi connectivity index (χ1) is 14.4. The molecule has 6 rings (SSSR count). The Bertz CT molecular complexity index is 949. The molecule has 0 spiro atoms. The molecule has 9 heteroatoms. The summed E-state index contributed by atoms with van der Waals surface area (Å²) < 4.78 is 5.93. The molecule has 0 radical (unpaired) electrons. The number of nitrogens with one attached hydrogen (secondary N) is 2. The molecule has 1 aromatic rings. The van der Waals surface area contributed by atoms with Crippen LogP contribution in [0.15, 0.2) is 18.2 Å². The molecule has 3 saturated heterocycles. The number of imide groups is 2. The number of nitrogens with two attached hydrogens (primary N) is 1. The van der Waals surface area contributed by atoms with E-state index in [1.54, 1.807) is 12.1 Å². The maximum atomic E-state index is 12.9. The van der Waals surface area contributed by atoms with Crippen molar-refractivity contribution in [3.05, 3.63) is 34.9 Å². The minimum atomic E-state index is -0.947. The number of rotatable bonds is 5. The van der Waals surface area contributed by atoms with Crippen LogP contribution in [0.3, 0.4) is 0 Å². The van der Waals surface area contributed by atoms with Crippen LogP contribution >= 0.6 is 0 Å². The predicted molar refractivity (Wildman–Crippen MR) is 104 cm³/mol. The van der Waals surface area contributed by atoms with E-state index in [4.69, 9.17) is 10.5 Å². The van der Waals surface area contributed by atoms with Gasteiger partial charge in [-0.15, -0.1) is 0 Å². The van der Waals surface area contributed by atoms with Crippen molar-refractivity contribution < 1.29 is 23.9 Å². The summed E-state index contributed by atoms with van der Waals surface area (Å²) in [5.41, 5.74) is 7.15. The molecule has 1 aromatic carbocycles. The SMILES string of the molecule is NCC12CC(C1)C(NCc1ccc3c(c1)C(=O)N(C1CCC(=O)NC1=O)C3=O)CO2. The van der Waals surface area contributed by atoms with Crippen LogP contribution in [0.25, 0.3) is 0 Å². The summed E-state index contributed by atoms with van der Waals surface area (Å²) in [6, 6.07) is 4.46. The summed E-state index contributed by atoms with van der Waals surface area (Å²) >= 11 is 0. The van der Waals surface area contributed by atoms with Gasteiger partial charge in [0.25, 0.3) is 11.8 Å². The van der Waals surface area contributed by atoms with E-state index in [2.05, 4.69) is 10.6 Å². The Hall–Kier alpha value is -2.62. The van der Waals surface area contributed by atoms with Gasteiger partial charge >= 0.3 is 0 Å². The molecule has 5 aliphatic rings. The first-order valence-electron chi connectivity index (χ1n) is 10.3. The number of hydrogen-bond acceptors (Lipinski definition) is 7. The van der Waals surface area contributed by atoms with Gasteiger partial charge in [0.2, 0.25) is 11.8 Å². The Morgan fingerprint density at radius 2 is 1.93 bits per heavy atom. The zero-order chi connectivity index (χ0) is 21.0. The average Bonchev–Trinajstić information content (AvgIpc) is 2.96. The molecule has 9 nitrogen and oxygen atoms in total. The van der Waals surface area contributed by atoms with Crippen molar-refractivity contribution in [2.24, 2.45) is 11.7 Å². The van der Waals surface area contributed by atoms with E-state index < -0.39 is 23.8 Å². The van der Waals surface area contributed by atoms with Crippen LogP contribution < -0.4 is 16.4 Å². The molecule has 4 heterocycles. The third-order valence-corrected chi connectivity index (χ3v) is 6.85. The molecule has 2 atom stereocenters. The maximum absolute atomic E-state index is 12.9. The van der Waals surface area contributed by atoms with E-state index in [1.165, 1.54) is 0 Å². The zero-order valence-electron chi connectivity index (χ0n) is 16.5. The van der Waals surface area contributed by atoms with Crippen molar-refractivity contribution in [2.45, 2.75) is 49.9 Å². The second-order valence-corrected chi connectivity index (χ2v) is 8.68. The number of amides is 4. The maximum Gasteiger partial charge on any atom is 0.262 e. The molecule has 2 unspecified atom stereocenters. The number of hydrogen-bond donors (Lipinski definition) is 3. The minimum absolute atomic E-state index is 0.106. The summed E-state index contributed by atoms with van der Waals surface area (Å²) in [5, 5.41) is 5.70. The molecule has 4 aliphatic heterocycles. The summed E-state index contributed by atoms with van der Waals surface area (Å²) in [5.74, 6) is -1.42. The van der Waals surface area contributed by atoms with Gasteiger partial charge in [-0.05, 0) is 42.9 Å². The quantitative estimate of drug-likeness (QED) is 0.565. The third kappa shape index (κ3) is 2.96. The van der Waals surface area contributed by atoms with Crippen LogP contribution in [-0.2, 0) is 20.9 Å². The van der Waals surface area contributed by atoms with Crippen LogP contribution in [-0.4, -0.2) is 59.4 Å². The number of benzene rings is 1. The molecule has 4 N–H and O–H groups in total. The second kappa shape index (κ2) is 6.97. The fourth-order valence-corrected chi connectivity index (χ4v) is 5.03. The average molecular weight is 412 g/mol. The first-order valence-corrected chi connectivity index (χ1v) is 10.3. The number of nitrogens with zero attached hydrogens (tertiary/aromatic N) is 1. The molecule has 0 aromatic heterocycles. The summed E-state index contributed by atoms with van der Waals surface area (Å²) in [7, 11) is 0. The molecule has 4 fully saturated rings. The molecule has 158 valence electrons. The van der Waals surface area contributed by atoms with E-state index in [0.717, 1.165) is 23.3 Å². The number of fused-ring (bicyclic) bond motifs is 3. The highest BCUT2D eigenvalue weighted by Gasteiger charge is 2.51. The van der Waals surface area contributed by atoms with Gasteiger partial charge in [-0.1, -0.05) is 6.07 Å². The Labute approximate surface area is 173 Å². The van der Waals surface area contributed by atoms with Crippen molar-refractivity contribution in [2.75, 3.05) is 13.2 Å². The fraction of sp³-hybridized carbons (Fsp3) is 0.524. The van der Waals surface area contributed by atoms with Crippen LogP contribution in [0.1, 0.15) is 52.0 Å². The number of ether oxygens (including phenoxy) is 1. The van der Waals surface area contributed by atoms with Gasteiger partial charge in [0.1, 0.15) is 6.04 Å². The lowest BCUT2D eigenvalue weighted by molar-refractivity contribution is -0.186. The second-order valence-electron chi connectivity index (χ2n) is 8.68. The lowest BCUT2D eigenvalue weighted by Gasteiger charge is -2.55. The van der Waals surface area contributed by atoms with Gasteiger partial charge in [-0.25, -0.2) is 0 Å². The molecule has 1 aliphatic carbocycles. The van der Waals surface area contributed by atoms with Crippen LogP contribution in [0.5, 0.6) is 0 Å². The first kappa shape index (κ1) is 19.3. The Morgan fingerprint density at radius 3 is 2.60 bits per heavy atom. The molecule has 2 bridgehead atoms. The largest absolute Gasteiger partial charge is 0.372 e. The van der Waals surface area contributed by atoms with E-state index in [-0.39, 0.29) is 30.4 Å². The van der Waals surface area contributed by atoms with E-state index in [9.17, 15) is 19.2 Å². The molecular weight excluding hydrogens is 388 g/mol. The van der Waals surface area contributed by atoms with Crippen LogP contribution in [0.4, 0.5) is 0 Å². The van der Waals surface area contributed by atoms with Crippen molar-refractivity contribution >= 4 is 23.6 Å². The van der Waals surface area contributed by atoms with Crippen LogP contribution in [0, 0.1) is 5.92 Å². The standard InChI is InChI=1S/C21H24N4O5/c22-10-21-6-12(7-21)15(9-30-21)23-8-11-1-2-13-14(5-11)20(29)25(19(13)28)16-3-4-17(26)24-18(16)27/h1-2,5,12,15-16,23H,3-4,6-10,22H2,(H,24,26,27). The third-order valence-electron chi connectivity index (χ3n) is 6.85. The highest BCUT2D eigenvalue weighted by atomic mass is 16.5. The van der Waals surface area contributed by atoms with E-state index >= 15 is 0 Å². The van der Waals surface area contributed by atoms with Crippen molar-refractivity contribution in [1.29, 1.82) is 0 Å². The minimum Gasteiger partial charge on any atom is -0.372 e. The lowest BCUT2D eigenvalue weighted by Crippen LogP contribution is -2.64. The Balaban J connectivity index is 1.27. The van der Waals surface area contributed by atoms with Crippen molar-refractivity contribution in [1.82, 2.24) is 15.5 Å². The Kier molecular flexibility index (Phi) is 4.49. The fourth-order valence-electron chi connectivity index (χ4n) is 5.03. The molecule has 4 amide bonds. The summed E-state index contributed by atoms with van der Waals surface area (Å²) in [6.45, 7) is 1.72. The molecule has 30 heavy (non-hydrogen) atoms. The number of carbonyl (C=O) groups excluding carboxylic acids is 4. The zero-order valence-corrected chi connectivity index (χ0v) is 16.5. The van der Waals surface area contributed by atoms with Gasteiger partial charge < -0.3 is 15.8 Å². The summed E-state index contributed by atoms with van der Waals surface area (Å²) in [4.78, 5) is 50.2. The van der Waals surface area contributed by atoms with Crippen molar-refractivity contribution in [3.8, 4) is 0 Å². The highest BCUT2D eigenvalue weighted by molar-refractivity contribution is 6.23. The van der Waals surface area contributed by atoms with Gasteiger partial charge in [-0.2, -0.15) is 0 Å². The van der Waals surface area contributed by atoms with Gasteiger partial charge in [-0.3, -0.25) is 29.4 Å². The summed E-state index contributed by atoms with van der Waals surface area (Å²) in [6.07, 6.45) is 2.20. The topological polar surface area (TPSA) is 131 Å². The molecule has 1 saturated carbocycles. The monoisotopic (exact) mass is 412 g/mol. The Morgan fingerprint density at radius 1 is 1.17 bits per heavy atom. The smallest absolute Gasteiger partial charge is 0.262 e. The number of carbonyl (C=O) groups is 4. The molecular formula is C21H24N4O5. The van der Waals surface area contributed by atoms with E-state index in [1.807, 2.05) is 6.07 Å².